The number of alkyl halides is 3. The maximum absolute atomic E-state index is 13.9. The number of carbonyl (C=O) groups is 1. The van der Waals surface area contributed by atoms with Crippen molar-refractivity contribution in [3.05, 3.63) is 65.7 Å². The summed E-state index contributed by atoms with van der Waals surface area (Å²) in [5, 5.41) is 14.3. The first kappa shape index (κ1) is 23.4. The lowest BCUT2D eigenvalue weighted by atomic mass is 10.0. The molecule has 2 aliphatic heterocycles. The molecule has 4 rings (SSSR count). The van der Waals surface area contributed by atoms with Gasteiger partial charge in [-0.2, -0.15) is 27.6 Å². The number of hydrogen-bond acceptors (Lipinski definition) is 5. The van der Waals surface area contributed by atoms with Gasteiger partial charge in [0, 0.05) is 18.7 Å². The minimum Gasteiger partial charge on any atom is -0.362 e. The van der Waals surface area contributed by atoms with Gasteiger partial charge < -0.3 is 5.11 Å². The lowest BCUT2D eigenvalue weighted by molar-refractivity contribution is -0.297. The average molecular weight is 481 g/mol. The topological polar surface area (TPSA) is 90.3 Å². The van der Waals surface area contributed by atoms with Crippen LogP contribution in [0.15, 0.2) is 64.6 Å². The molecule has 33 heavy (non-hydrogen) atoms. The van der Waals surface area contributed by atoms with Crippen molar-refractivity contribution in [2.24, 2.45) is 5.10 Å². The van der Waals surface area contributed by atoms with Crippen LogP contribution in [-0.4, -0.2) is 59.4 Å². The summed E-state index contributed by atoms with van der Waals surface area (Å²) in [6.45, 7) is 0.677. The Morgan fingerprint density at radius 2 is 1.67 bits per heavy atom. The van der Waals surface area contributed by atoms with Gasteiger partial charge >= 0.3 is 6.18 Å². The summed E-state index contributed by atoms with van der Waals surface area (Å²) in [5.74, 6) is -1.25. The molecule has 0 aromatic heterocycles. The fourth-order valence-electron chi connectivity index (χ4n) is 3.94. The molecule has 1 fully saturated rings. The third-order valence-electron chi connectivity index (χ3n) is 5.77. The largest absolute Gasteiger partial charge is 0.438 e. The molecule has 2 heterocycles. The van der Waals surface area contributed by atoms with Crippen molar-refractivity contribution in [1.82, 2.24) is 9.31 Å². The van der Waals surface area contributed by atoms with Crippen LogP contribution in [-0.2, 0) is 10.0 Å². The predicted octanol–water partition coefficient (Wildman–Crippen LogP) is 3.36. The minimum atomic E-state index is -5.19. The maximum atomic E-state index is 13.9. The lowest BCUT2D eigenvalue weighted by Crippen LogP contribution is -2.56. The first-order chi connectivity index (χ1) is 15.5. The van der Waals surface area contributed by atoms with E-state index in [1.54, 1.807) is 18.2 Å². The van der Waals surface area contributed by atoms with E-state index in [4.69, 9.17) is 0 Å². The van der Waals surface area contributed by atoms with E-state index < -0.39 is 34.3 Å². The quantitative estimate of drug-likeness (QED) is 0.725. The molecule has 176 valence electrons. The number of sulfonamides is 1. The molecular weight excluding hydrogens is 459 g/mol. The van der Waals surface area contributed by atoms with Gasteiger partial charge in [0.2, 0.25) is 10.0 Å². The normalized spacial score (nSPS) is 22.3. The highest BCUT2D eigenvalue weighted by atomic mass is 32.2. The zero-order valence-corrected chi connectivity index (χ0v) is 18.3. The smallest absolute Gasteiger partial charge is 0.362 e. The molecular formula is C22H22F3N3O4S. The molecule has 0 unspecified atom stereocenters. The number of amides is 1. The molecule has 2 aromatic carbocycles. The van der Waals surface area contributed by atoms with Crippen LogP contribution in [0.2, 0.25) is 0 Å². The van der Waals surface area contributed by atoms with Gasteiger partial charge in [0.25, 0.3) is 11.6 Å². The van der Waals surface area contributed by atoms with Crippen LogP contribution in [0.1, 0.15) is 41.6 Å². The molecule has 1 saturated heterocycles. The molecule has 11 heteroatoms. The first-order valence-electron chi connectivity index (χ1n) is 10.4. The minimum absolute atomic E-state index is 0.00194. The summed E-state index contributed by atoms with van der Waals surface area (Å²) >= 11 is 0. The van der Waals surface area contributed by atoms with Crippen LogP contribution in [0.5, 0.6) is 0 Å². The number of carbonyl (C=O) groups excluding carboxylic acids is 1. The molecule has 0 spiro atoms. The second kappa shape index (κ2) is 8.54. The van der Waals surface area contributed by atoms with Gasteiger partial charge in [0.15, 0.2) is 0 Å². The van der Waals surface area contributed by atoms with Crippen LogP contribution in [0.3, 0.4) is 0 Å². The van der Waals surface area contributed by atoms with E-state index in [0.717, 1.165) is 12.5 Å². The monoisotopic (exact) mass is 481 g/mol. The van der Waals surface area contributed by atoms with Crippen LogP contribution in [0.25, 0.3) is 0 Å². The van der Waals surface area contributed by atoms with Crippen LogP contribution >= 0.6 is 0 Å². The van der Waals surface area contributed by atoms with Crippen molar-refractivity contribution < 1.29 is 31.5 Å². The van der Waals surface area contributed by atoms with Crippen molar-refractivity contribution in [3.8, 4) is 0 Å². The van der Waals surface area contributed by atoms with Gasteiger partial charge in [-0.3, -0.25) is 4.79 Å². The Hall–Kier alpha value is -2.76. The number of aliphatic hydroxyl groups is 1. The molecule has 0 radical (unpaired) electrons. The standard InChI is InChI=1S/C22H22F3N3O4S/c23-22(24,25)21(30)15-19(16-8-3-1-4-9-16)26-28(21)20(29)17-10-7-11-18(14-17)33(31,32)27-12-5-2-6-13-27/h1,3-4,7-11,14,30H,2,5-6,12-13,15H2/t21-/m0/s1. The summed E-state index contributed by atoms with van der Waals surface area (Å²) < 4.78 is 68.8. The van der Waals surface area contributed by atoms with Gasteiger partial charge in [-0.1, -0.05) is 42.8 Å². The predicted molar refractivity (Wildman–Crippen MR) is 114 cm³/mol. The van der Waals surface area contributed by atoms with Crippen LogP contribution in [0.4, 0.5) is 13.2 Å². The van der Waals surface area contributed by atoms with Gasteiger partial charge in [-0.15, -0.1) is 0 Å². The molecule has 0 saturated carbocycles. The van der Waals surface area contributed by atoms with Crippen molar-refractivity contribution >= 4 is 21.6 Å². The Bertz CT molecular complexity index is 1180. The summed E-state index contributed by atoms with van der Waals surface area (Å²) in [4.78, 5) is 12.9. The number of hydrogen-bond donors (Lipinski definition) is 1. The zero-order valence-electron chi connectivity index (χ0n) is 17.5. The molecule has 1 N–H and O–H groups in total. The number of halogens is 3. The SMILES string of the molecule is O=C(c1cccc(S(=O)(=O)N2CCCCC2)c1)N1N=C(c2ccccc2)C[C@]1(O)C(F)(F)F. The fraction of sp³-hybridized carbons (Fsp3) is 0.364. The van der Waals surface area contributed by atoms with E-state index in [0.29, 0.717) is 31.5 Å². The van der Waals surface area contributed by atoms with Gasteiger partial charge in [-0.05, 0) is 36.6 Å². The lowest BCUT2D eigenvalue weighted by Gasteiger charge is -2.32. The fourth-order valence-corrected chi connectivity index (χ4v) is 5.50. The molecule has 0 aliphatic carbocycles. The van der Waals surface area contributed by atoms with E-state index in [2.05, 4.69) is 5.10 Å². The number of piperidine rings is 1. The zero-order chi connectivity index (χ0) is 23.9. The third-order valence-corrected chi connectivity index (χ3v) is 7.67. The van der Waals surface area contributed by atoms with Crippen LogP contribution in [0, 0.1) is 0 Å². The molecule has 2 aromatic rings. The number of hydrazone groups is 1. The van der Waals surface area contributed by atoms with E-state index >= 15 is 0 Å². The van der Waals surface area contributed by atoms with Gasteiger partial charge in [0.05, 0.1) is 17.0 Å². The number of benzene rings is 2. The van der Waals surface area contributed by atoms with E-state index in [-0.39, 0.29) is 21.2 Å². The van der Waals surface area contributed by atoms with Crippen LogP contribution < -0.4 is 0 Å². The molecule has 2 aliphatic rings. The summed E-state index contributed by atoms with van der Waals surface area (Å²) in [7, 11) is -3.91. The van der Waals surface area contributed by atoms with E-state index in [1.165, 1.54) is 34.6 Å². The highest BCUT2D eigenvalue weighted by Crippen LogP contribution is 2.42. The molecule has 7 nitrogen and oxygen atoms in total. The molecule has 1 atom stereocenters. The Morgan fingerprint density at radius 1 is 1.00 bits per heavy atom. The molecule has 1 amide bonds. The van der Waals surface area contributed by atoms with Crippen molar-refractivity contribution in [1.29, 1.82) is 0 Å². The highest BCUT2D eigenvalue weighted by Gasteiger charge is 2.63. The average Bonchev–Trinajstić information content (AvgIpc) is 3.19. The van der Waals surface area contributed by atoms with Gasteiger partial charge in [-0.25, -0.2) is 8.42 Å². The van der Waals surface area contributed by atoms with Crippen molar-refractivity contribution in [2.75, 3.05) is 13.1 Å². The maximum Gasteiger partial charge on any atom is 0.438 e. The third kappa shape index (κ3) is 4.28. The Kier molecular flexibility index (Phi) is 6.06. The Morgan fingerprint density at radius 3 is 2.30 bits per heavy atom. The molecule has 0 bridgehead atoms. The second-order valence-electron chi connectivity index (χ2n) is 8.01. The van der Waals surface area contributed by atoms with E-state index in [1.807, 2.05) is 0 Å². The van der Waals surface area contributed by atoms with Crippen molar-refractivity contribution in [2.45, 2.75) is 42.5 Å². The first-order valence-corrected chi connectivity index (χ1v) is 11.8. The summed E-state index contributed by atoms with van der Waals surface area (Å²) in [5.41, 5.74) is -3.66. The summed E-state index contributed by atoms with van der Waals surface area (Å²) in [6.07, 6.45) is -3.81. The van der Waals surface area contributed by atoms with Gasteiger partial charge in [0.1, 0.15) is 0 Å². The van der Waals surface area contributed by atoms with E-state index in [9.17, 15) is 31.5 Å². The summed E-state index contributed by atoms with van der Waals surface area (Å²) in [6, 6.07) is 12.7. The Labute approximate surface area is 189 Å². The number of rotatable bonds is 4. The second-order valence-corrected chi connectivity index (χ2v) is 9.95. The number of nitrogens with zero attached hydrogens (tertiary/aromatic N) is 3. The van der Waals surface area contributed by atoms with Crippen molar-refractivity contribution in [3.63, 3.8) is 0 Å². The highest BCUT2D eigenvalue weighted by molar-refractivity contribution is 7.89. The Balaban J connectivity index is 1.71.